The Kier molecular flexibility index (Phi) is 10.5. The average molecular weight is 509 g/mol. The number of nitrogens with one attached hydrogen (secondary N) is 2. The molecule has 2 aromatic heterocycles. The Bertz CT molecular complexity index is 989. The van der Waals surface area contributed by atoms with E-state index in [2.05, 4.69) is 20.3 Å². The lowest BCUT2D eigenvalue weighted by atomic mass is 10.1. The number of imidazole rings is 1. The topological polar surface area (TPSA) is 158 Å². The predicted octanol–water partition coefficient (Wildman–Crippen LogP) is 2.98. The molecule has 0 aliphatic rings. The molecule has 0 fully saturated rings. The van der Waals surface area contributed by atoms with Crippen LogP contribution in [0.15, 0.2) is 30.6 Å². The van der Waals surface area contributed by atoms with Gasteiger partial charge in [0.1, 0.15) is 29.3 Å². The zero-order chi connectivity index (χ0) is 26.1. The lowest BCUT2D eigenvalue weighted by Crippen LogP contribution is -2.42. The monoisotopic (exact) mass is 508 g/mol. The Hall–Kier alpha value is -3.16. The fraction of sp³-hybridized carbons (Fsp3) is 0.400. The Balaban J connectivity index is 0.000000620. The molecule has 2 heterocycles. The molecule has 0 unspecified atom stereocenters. The number of aliphatic hydroxyl groups is 1. The van der Waals surface area contributed by atoms with Crippen LogP contribution < -0.4 is 10.1 Å². The van der Waals surface area contributed by atoms with Crippen molar-refractivity contribution in [3.63, 3.8) is 0 Å². The van der Waals surface area contributed by atoms with Crippen LogP contribution in [0, 0.1) is 0 Å². The van der Waals surface area contributed by atoms with Crippen molar-refractivity contribution in [1.29, 1.82) is 0 Å². The summed E-state index contributed by atoms with van der Waals surface area (Å²) in [5, 5.41) is 28.8. The molecule has 0 aliphatic carbocycles. The van der Waals surface area contributed by atoms with Gasteiger partial charge in [0.2, 0.25) is 5.88 Å². The molecule has 10 nitrogen and oxygen atoms in total. The van der Waals surface area contributed by atoms with E-state index >= 15 is 0 Å². The first kappa shape index (κ1) is 28.9. The van der Waals surface area contributed by atoms with Crippen LogP contribution in [0.25, 0.3) is 11.4 Å². The number of nitrogens with zero attached hydrogens (tertiary/aromatic N) is 2. The summed E-state index contributed by atoms with van der Waals surface area (Å²) in [6.45, 7) is 6.20. The van der Waals surface area contributed by atoms with Crippen molar-refractivity contribution < 1.29 is 42.8 Å². The predicted molar refractivity (Wildman–Crippen MR) is 115 cm³/mol. The van der Waals surface area contributed by atoms with Gasteiger partial charge in [0, 0.05) is 36.0 Å². The molecule has 0 radical (unpaired) electrons. The second-order valence-corrected chi connectivity index (χ2v) is 8.17. The minimum atomic E-state index is -4.51. The number of carboxylic acid groups (broad SMARTS) is 2. The molecule has 2 rings (SSSR count). The molecule has 5 N–H and O–H groups in total. The average Bonchev–Trinajstić information content (AvgIpc) is 3.20. The second kappa shape index (κ2) is 12.3. The number of pyridine rings is 1. The lowest BCUT2D eigenvalue weighted by molar-refractivity contribution is -0.141. The molecule has 34 heavy (non-hydrogen) atoms. The first-order valence-corrected chi connectivity index (χ1v) is 9.94. The molecular weight excluding hydrogens is 485 g/mol. The Morgan fingerprint density at radius 3 is 2.21 bits per heavy atom. The molecule has 14 heteroatoms. The largest absolute Gasteiger partial charge is 0.478 e. The SMILES string of the molecule is CC(C)(C)NC[C@H](O)COc1ncc(-c2ncc(C(F)(F)F)[nH]2)cc1Cl.O=C(O)/C=C\C(=O)O. The third-order valence-corrected chi connectivity index (χ3v) is 3.88. The first-order chi connectivity index (χ1) is 15.6. The number of H-pyrrole nitrogens is 1. The molecule has 0 saturated carbocycles. The fourth-order valence-electron chi connectivity index (χ4n) is 2.07. The van der Waals surface area contributed by atoms with E-state index in [0.29, 0.717) is 24.9 Å². The third kappa shape index (κ3) is 11.1. The van der Waals surface area contributed by atoms with E-state index in [-0.39, 0.29) is 34.4 Å². The van der Waals surface area contributed by atoms with Gasteiger partial charge in [-0.3, -0.25) is 0 Å². The van der Waals surface area contributed by atoms with Gasteiger partial charge in [0.25, 0.3) is 0 Å². The summed E-state index contributed by atoms with van der Waals surface area (Å²) in [4.78, 5) is 28.9. The van der Waals surface area contributed by atoms with Gasteiger partial charge in [-0.05, 0) is 26.8 Å². The van der Waals surface area contributed by atoms with Crippen LogP contribution in [-0.4, -0.2) is 67.0 Å². The number of hydrogen-bond donors (Lipinski definition) is 5. The van der Waals surface area contributed by atoms with E-state index in [1.165, 1.54) is 12.3 Å². The summed E-state index contributed by atoms with van der Waals surface area (Å²) in [5.41, 5.74) is -0.817. The molecule has 0 amide bonds. The smallest absolute Gasteiger partial charge is 0.432 e. The van der Waals surface area contributed by atoms with Crippen LogP contribution in [0.3, 0.4) is 0 Å². The Labute approximate surface area is 197 Å². The van der Waals surface area contributed by atoms with Crippen molar-refractivity contribution in [2.24, 2.45) is 0 Å². The third-order valence-electron chi connectivity index (χ3n) is 3.61. The van der Waals surface area contributed by atoms with E-state index in [4.69, 9.17) is 26.6 Å². The molecule has 0 aromatic carbocycles. The number of carbonyl (C=O) groups is 2. The quantitative estimate of drug-likeness (QED) is 0.338. The molecule has 1 atom stereocenters. The van der Waals surface area contributed by atoms with Gasteiger partial charge in [0.05, 0.1) is 6.20 Å². The van der Waals surface area contributed by atoms with Crippen LogP contribution in [-0.2, 0) is 15.8 Å². The number of ether oxygens (including phenoxy) is 1. The van der Waals surface area contributed by atoms with Crippen molar-refractivity contribution in [2.75, 3.05) is 13.2 Å². The van der Waals surface area contributed by atoms with Crippen LogP contribution in [0.1, 0.15) is 26.5 Å². The van der Waals surface area contributed by atoms with Crippen molar-refractivity contribution in [3.05, 3.63) is 41.3 Å². The molecule has 188 valence electrons. The minimum Gasteiger partial charge on any atom is -0.478 e. The maximum absolute atomic E-state index is 12.6. The summed E-state index contributed by atoms with van der Waals surface area (Å²) in [7, 11) is 0. The fourth-order valence-corrected chi connectivity index (χ4v) is 2.29. The van der Waals surface area contributed by atoms with Crippen molar-refractivity contribution in [2.45, 2.75) is 38.6 Å². The molecule has 0 bridgehead atoms. The molecular formula is C20H24ClF3N4O6. The Morgan fingerprint density at radius 1 is 1.18 bits per heavy atom. The van der Waals surface area contributed by atoms with E-state index in [0.717, 1.165) is 0 Å². The molecule has 0 saturated heterocycles. The standard InChI is InChI=1S/C16H20ClF3N4O2.C4H4O4/c1-15(2,3)23-6-10(25)8-26-14-11(17)4-9(5-22-14)13-21-7-12(24-13)16(18,19)20;5-3(6)1-2-4(7)8/h4-5,7,10,23,25H,6,8H2,1-3H3,(H,21,24);1-2H,(H,5,6)(H,7,8)/b;2-1-/t10-;/m0./s1. The van der Waals surface area contributed by atoms with Crippen molar-refractivity contribution in [1.82, 2.24) is 20.3 Å². The highest BCUT2D eigenvalue weighted by molar-refractivity contribution is 6.32. The van der Waals surface area contributed by atoms with Crippen molar-refractivity contribution in [3.8, 4) is 17.3 Å². The first-order valence-electron chi connectivity index (χ1n) is 9.56. The highest BCUT2D eigenvalue weighted by Gasteiger charge is 2.33. The maximum Gasteiger partial charge on any atom is 0.432 e. The van der Waals surface area contributed by atoms with Gasteiger partial charge in [0.15, 0.2) is 0 Å². The number of halogens is 4. The number of alkyl halides is 3. The lowest BCUT2D eigenvalue weighted by Gasteiger charge is -2.22. The van der Waals surface area contributed by atoms with Crippen LogP contribution in [0.4, 0.5) is 13.2 Å². The number of aliphatic hydroxyl groups excluding tert-OH is 1. The summed E-state index contributed by atoms with van der Waals surface area (Å²) in [5.74, 6) is -2.44. The minimum absolute atomic E-state index is 0.00677. The summed E-state index contributed by atoms with van der Waals surface area (Å²) >= 11 is 6.06. The zero-order valence-electron chi connectivity index (χ0n) is 18.4. The van der Waals surface area contributed by atoms with Gasteiger partial charge < -0.3 is 30.4 Å². The number of aromatic amines is 1. The van der Waals surface area contributed by atoms with E-state index in [1.807, 2.05) is 20.8 Å². The van der Waals surface area contributed by atoms with Gasteiger partial charge in [-0.25, -0.2) is 19.6 Å². The number of aromatic nitrogens is 3. The number of β-amino-alcohol motifs (C(OH)–C–C–N with tert-alkyl or cyclic N) is 1. The molecule has 0 spiro atoms. The zero-order valence-corrected chi connectivity index (χ0v) is 19.1. The van der Waals surface area contributed by atoms with Gasteiger partial charge in [-0.1, -0.05) is 11.6 Å². The van der Waals surface area contributed by atoms with E-state index in [1.54, 1.807) is 0 Å². The number of aliphatic carboxylic acids is 2. The van der Waals surface area contributed by atoms with Crippen molar-refractivity contribution >= 4 is 23.5 Å². The Morgan fingerprint density at radius 2 is 1.76 bits per heavy atom. The highest BCUT2D eigenvalue weighted by atomic mass is 35.5. The normalized spacial score (nSPS) is 12.7. The van der Waals surface area contributed by atoms with Crippen LogP contribution in [0.5, 0.6) is 5.88 Å². The number of carboxylic acids is 2. The summed E-state index contributed by atoms with van der Waals surface area (Å²) < 4.78 is 43.2. The van der Waals surface area contributed by atoms with Gasteiger partial charge in [-0.2, -0.15) is 13.2 Å². The van der Waals surface area contributed by atoms with E-state index < -0.39 is 29.9 Å². The number of hydrogen-bond acceptors (Lipinski definition) is 7. The molecule has 0 aliphatic heterocycles. The number of rotatable bonds is 8. The van der Waals surface area contributed by atoms with E-state index in [9.17, 15) is 27.9 Å². The molecule has 2 aromatic rings. The second-order valence-electron chi connectivity index (χ2n) is 7.76. The highest BCUT2D eigenvalue weighted by Crippen LogP contribution is 2.31. The summed E-state index contributed by atoms with van der Waals surface area (Å²) in [6, 6.07) is 1.39. The van der Waals surface area contributed by atoms with Gasteiger partial charge >= 0.3 is 18.1 Å². The van der Waals surface area contributed by atoms with Crippen LogP contribution in [0.2, 0.25) is 5.02 Å². The maximum atomic E-state index is 12.6. The van der Waals surface area contributed by atoms with Gasteiger partial charge in [-0.15, -0.1) is 0 Å². The van der Waals surface area contributed by atoms with Crippen LogP contribution >= 0.6 is 11.6 Å². The summed E-state index contributed by atoms with van der Waals surface area (Å²) in [6.07, 6.45) is -2.18.